The zero-order valence-corrected chi connectivity index (χ0v) is 5.76. The van der Waals surface area contributed by atoms with Crippen LogP contribution >= 0.6 is 0 Å². The van der Waals surface area contributed by atoms with Crippen LogP contribution in [-0.2, 0) is 4.79 Å². The fourth-order valence-corrected chi connectivity index (χ4v) is 0.532. The molecular formula is C6H14N2O. The first-order chi connectivity index (χ1) is 4.16. The van der Waals surface area contributed by atoms with E-state index in [0.29, 0.717) is 12.8 Å². The second-order valence-electron chi connectivity index (χ2n) is 2.17. The van der Waals surface area contributed by atoms with Crippen molar-refractivity contribution >= 4 is 5.91 Å². The van der Waals surface area contributed by atoms with Gasteiger partial charge < -0.3 is 11.5 Å². The molecule has 54 valence electrons. The standard InChI is InChI=1S/C6H14N2O/c1-2-5(7)3-4-6(8)9/h5H,2-4,7H2,1H3,(H2,8,9). The molecule has 0 aliphatic carbocycles. The summed E-state index contributed by atoms with van der Waals surface area (Å²) in [5.41, 5.74) is 10.4. The second kappa shape index (κ2) is 4.32. The molecule has 0 aromatic carbocycles. The quantitative estimate of drug-likeness (QED) is 0.562. The van der Waals surface area contributed by atoms with Crippen LogP contribution in [0.5, 0.6) is 0 Å². The number of nitrogens with two attached hydrogens (primary N) is 2. The molecule has 0 bridgehead atoms. The topological polar surface area (TPSA) is 69.1 Å². The SMILES string of the molecule is CCC(N)CCC(N)=O. The van der Waals surface area contributed by atoms with Gasteiger partial charge in [-0.05, 0) is 12.8 Å². The molecule has 0 heterocycles. The molecule has 0 aromatic rings. The first-order valence-corrected chi connectivity index (χ1v) is 3.20. The highest BCUT2D eigenvalue weighted by Gasteiger charge is 2.00. The molecule has 0 aromatic heterocycles. The van der Waals surface area contributed by atoms with Gasteiger partial charge in [-0.25, -0.2) is 0 Å². The molecule has 3 nitrogen and oxygen atoms in total. The summed E-state index contributed by atoms with van der Waals surface area (Å²) in [6, 6.07) is 0.137. The van der Waals surface area contributed by atoms with Gasteiger partial charge in [0.05, 0.1) is 0 Å². The lowest BCUT2D eigenvalue weighted by atomic mass is 10.1. The van der Waals surface area contributed by atoms with Crippen LogP contribution in [0.25, 0.3) is 0 Å². The summed E-state index contributed by atoms with van der Waals surface area (Å²) >= 11 is 0. The predicted molar refractivity (Wildman–Crippen MR) is 36.7 cm³/mol. The Bertz CT molecular complexity index is 93.1. The number of hydrogen-bond donors (Lipinski definition) is 2. The molecule has 0 aliphatic heterocycles. The van der Waals surface area contributed by atoms with Crippen molar-refractivity contribution in [1.82, 2.24) is 0 Å². The number of primary amides is 1. The average molecular weight is 130 g/mol. The highest BCUT2D eigenvalue weighted by molar-refractivity contribution is 5.73. The molecule has 0 radical (unpaired) electrons. The maximum atomic E-state index is 10.2. The molecule has 0 saturated heterocycles. The van der Waals surface area contributed by atoms with Gasteiger partial charge in [0.25, 0.3) is 0 Å². The van der Waals surface area contributed by atoms with Gasteiger partial charge in [0.15, 0.2) is 0 Å². The van der Waals surface area contributed by atoms with Crippen LogP contribution in [0.1, 0.15) is 26.2 Å². The van der Waals surface area contributed by atoms with Gasteiger partial charge >= 0.3 is 0 Å². The molecule has 0 saturated carbocycles. The molecule has 9 heavy (non-hydrogen) atoms. The van der Waals surface area contributed by atoms with Crippen LogP contribution < -0.4 is 11.5 Å². The van der Waals surface area contributed by atoms with E-state index in [0.717, 1.165) is 6.42 Å². The van der Waals surface area contributed by atoms with Crippen molar-refractivity contribution in [3.63, 3.8) is 0 Å². The second-order valence-corrected chi connectivity index (χ2v) is 2.17. The van der Waals surface area contributed by atoms with Crippen molar-refractivity contribution in [3.8, 4) is 0 Å². The minimum Gasteiger partial charge on any atom is -0.370 e. The van der Waals surface area contributed by atoms with Gasteiger partial charge in [-0.15, -0.1) is 0 Å². The maximum Gasteiger partial charge on any atom is 0.217 e. The van der Waals surface area contributed by atoms with E-state index < -0.39 is 0 Å². The Labute approximate surface area is 55.4 Å². The van der Waals surface area contributed by atoms with Crippen LogP contribution in [0.4, 0.5) is 0 Å². The summed E-state index contributed by atoms with van der Waals surface area (Å²) in [6.45, 7) is 1.99. The summed E-state index contributed by atoms with van der Waals surface area (Å²) in [5.74, 6) is -0.265. The molecule has 1 unspecified atom stereocenters. The van der Waals surface area contributed by atoms with Gasteiger partial charge in [-0.2, -0.15) is 0 Å². The highest BCUT2D eigenvalue weighted by atomic mass is 16.1. The Morgan fingerprint density at radius 2 is 2.22 bits per heavy atom. The normalized spacial score (nSPS) is 13.1. The molecule has 3 heteroatoms. The Hall–Kier alpha value is -0.570. The fourth-order valence-electron chi connectivity index (χ4n) is 0.532. The average Bonchev–Trinajstić information content (AvgIpc) is 1.83. The van der Waals surface area contributed by atoms with Gasteiger partial charge in [0.1, 0.15) is 0 Å². The number of amides is 1. The Morgan fingerprint density at radius 3 is 2.56 bits per heavy atom. The van der Waals surface area contributed by atoms with Gasteiger partial charge in [0.2, 0.25) is 5.91 Å². The zero-order chi connectivity index (χ0) is 7.28. The smallest absolute Gasteiger partial charge is 0.217 e. The molecular weight excluding hydrogens is 116 g/mol. The van der Waals surface area contributed by atoms with Crippen LogP contribution in [0.2, 0.25) is 0 Å². The lowest BCUT2D eigenvalue weighted by Crippen LogP contribution is -2.21. The molecule has 1 atom stereocenters. The molecule has 0 fully saturated rings. The summed E-state index contributed by atoms with van der Waals surface area (Å²) in [7, 11) is 0. The van der Waals surface area contributed by atoms with E-state index in [1.807, 2.05) is 6.92 Å². The van der Waals surface area contributed by atoms with Crippen molar-refractivity contribution in [1.29, 1.82) is 0 Å². The Morgan fingerprint density at radius 1 is 1.67 bits per heavy atom. The van der Waals surface area contributed by atoms with Crippen molar-refractivity contribution in [3.05, 3.63) is 0 Å². The van der Waals surface area contributed by atoms with Crippen molar-refractivity contribution in [2.45, 2.75) is 32.2 Å². The maximum absolute atomic E-state index is 10.2. The third-order valence-electron chi connectivity index (χ3n) is 1.29. The van der Waals surface area contributed by atoms with E-state index >= 15 is 0 Å². The number of carbonyl (C=O) groups excluding carboxylic acids is 1. The van der Waals surface area contributed by atoms with Crippen LogP contribution in [0.15, 0.2) is 0 Å². The molecule has 0 rings (SSSR count). The van der Waals surface area contributed by atoms with Crippen LogP contribution in [0.3, 0.4) is 0 Å². The molecule has 1 amide bonds. The Balaban J connectivity index is 3.16. The molecule has 0 spiro atoms. The van der Waals surface area contributed by atoms with Crippen LogP contribution in [-0.4, -0.2) is 11.9 Å². The lowest BCUT2D eigenvalue weighted by molar-refractivity contribution is -0.118. The monoisotopic (exact) mass is 130 g/mol. The molecule has 4 N–H and O–H groups in total. The van der Waals surface area contributed by atoms with Gasteiger partial charge in [-0.3, -0.25) is 4.79 Å². The number of hydrogen-bond acceptors (Lipinski definition) is 2. The van der Waals surface area contributed by atoms with E-state index in [4.69, 9.17) is 11.5 Å². The Kier molecular flexibility index (Phi) is 4.05. The van der Waals surface area contributed by atoms with E-state index in [-0.39, 0.29) is 11.9 Å². The summed E-state index contributed by atoms with van der Waals surface area (Å²) < 4.78 is 0. The number of carbonyl (C=O) groups is 1. The number of rotatable bonds is 4. The van der Waals surface area contributed by atoms with E-state index in [9.17, 15) is 4.79 Å². The van der Waals surface area contributed by atoms with Crippen molar-refractivity contribution in [2.75, 3.05) is 0 Å². The largest absolute Gasteiger partial charge is 0.370 e. The van der Waals surface area contributed by atoms with E-state index in [1.165, 1.54) is 0 Å². The van der Waals surface area contributed by atoms with Gasteiger partial charge in [0, 0.05) is 12.5 Å². The fraction of sp³-hybridized carbons (Fsp3) is 0.833. The summed E-state index contributed by atoms with van der Waals surface area (Å²) in [5, 5.41) is 0. The van der Waals surface area contributed by atoms with Crippen LogP contribution in [0, 0.1) is 0 Å². The minimum absolute atomic E-state index is 0.137. The van der Waals surface area contributed by atoms with Gasteiger partial charge in [-0.1, -0.05) is 6.92 Å². The molecule has 0 aliphatic rings. The third kappa shape index (κ3) is 5.30. The summed E-state index contributed by atoms with van der Waals surface area (Å²) in [6.07, 6.45) is 2.04. The first kappa shape index (κ1) is 8.43. The van der Waals surface area contributed by atoms with Crippen molar-refractivity contribution in [2.24, 2.45) is 11.5 Å². The third-order valence-corrected chi connectivity index (χ3v) is 1.29. The predicted octanol–water partition coefficient (Wildman–Crippen LogP) is -0.0108. The van der Waals surface area contributed by atoms with E-state index in [1.54, 1.807) is 0 Å². The van der Waals surface area contributed by atoms with Crippen molar-refractivity contribution < 1.29 is 4.79 Å². The van der Waals surface area contributed by atoms with E-state index in [2.05, 4.69) is 0 Å². The summed E-state index contributed by atoms with van der Waals surface area (Å²) in [4.78, 5) is 10.2. The zero-order valence-electron chi connectivity index (χ0n) is 5.76. The highest BCUT2D eigenvalue weighted by Crippen LogP contribution is 1.96. The minimum atomic E-state index is -0.265. The first-order valence-electron chi connectivity index (χ1n) is 3.20. The lowest BCUT2D eigenvalue weighted by Gasteiger charge is -2.04.